The van der Waals surface area contributed by atoms with Gasteiger partial charge in [0.25, 0.3) is 0 Å². The van der Waals surface area contributed by atoms with E-state index in [9.17, 15) is 0 Å². The van der Waals surface area contributed by atoms with E-state index in [1.165, 1.54) is 25.7 Å². The molecule has 0 amide bonds. The molecule has 0 spiro atoms. The summed E-state index contributed by atoms with van der Waals surface area (Å²) in [5, 5.41) is 0. The molecule has 0 radical (unpaired) electrons. The third-order valence-electron chi connectivity index (χ3n) is 3.09. The van der Waals surface area contributed by atoms with Crippen molar-refractivity contribution in [3.63, 3.8) is 0 Å². The minimum Gasteiger partial charge on any atom is -0.368 e. The first-order chi connectivity index (χ1) is 7.16. The molecule has 1 aromatic rings. The molecule has 0 aliphatic heterocycles. The van der Waals surface area contributed by atoms with Crippen molar-refractivity contribution in [2.24, 2.45) is 0 Å². The fourth-order valence-electron chi connectivity index (χ4n) is 2.23. The van der Waals surface area contributed by atoms with Crippen LogP contribution in [0.5, 0.6) is 0 Å². The van der Waals surface area contributed by atoms with Gasteiger partial charge in [-0.15, -0.1) is 0 Å². The molecule has 2 N–H and O–H groups in total. The number of anilines is 2. The lowest BCUT2D eigenvalue weighted by Gasteiger charge is -2.25. The van der Waals surface area contributed by atoms with Crippen LogP contribution in [0.15, 0.2) is 6.07 Å². The van der Waals surface area contributed by atoms with Crippen molar-refractivity contribution in [3.8, 4) is 0 Å². The predicted molar refractivity (Wildman–Crippen MR) is 61.8 cm³/mol. The van der Waals surface area contributed by atoms with E-state index in [4.69, 9.17) is 5.73 Å². The fourth-order valence-corrected chi connectivity index (χ4v) is 2.23. The molecule has 1 saturated carbocycles. The van der Waals surface area contributed by atoms with Gasteiger partial charge in [-0.2, -0.15) is 4.98 Å². The summed E-state index contributed by atoms with van der Waals surface area (Å²) < 4.78 is 0. The molecule has 1 aromatic heterocycles. The zero-order valence-electron chi connectivity index (χ0n) is 9.40. The summed E-state index contributed by atoms with van der Waals surface area (Å²) in [5.41, 5.74) is 6.58. The van der Waals surface area contributed by atoms with Crippen LogP contribution in [0.1, 0.15) is 31.4 Å². The van der Waals surface area contributed by atoms with Gasteiger partial charge in [-0.1, -0.05) is 12.8 Å². The fraction of sp³-hybridized carbons (Fsp3) is 0.636. The van der Waals surface area contributed by atoms with Gasteiger partial charge in [-0.25, -0.2) is 4.98 Å². The van der Waals surface area contributed by atoms with Gasteiger partial charge in [0.05, 0.1) is 0 Å². The Labute approximate surface area is 90.5 Å². The molecule has 0 aromatic carbocycles. The maximum absolute atomic E-state index is 5.65. The van der Waals surface area contributed by atoms with Crippen molar-refractivity contribution >= 4 is 11.8 Å². The molecule has 1 aliphatic rings. The van der Waals surface area contributed by atoms with Gasteiger partial charge in [0, 0.05) is 24.8 Å². The maximum atomic E-state index is 5.65. The minimum absolute atomic E-state index is 0.370. The average Bonchev–Trinajstić information content (AvgIpc) is 2.67. The molecule has 0 saturated heterocycles. The van der Waals surface area contributed by atoms with Gasteiger partial charge in [-0.05, 0) is 19.8 Å². The van der Waals surface area contributed by atoms with E-state index in [0.29, 0.717) is 12.0 Å². The van der Waals surface area contributed by atoms with Gasteiger partial charge < -0.3 is 10.6 Å². The largest absolute Gasteiger partial charge is 0.368 e. The molecule has 4 nitrogen and oxygen atoms in total. The Bertz CT molecular complexity index is 324. The number of rotatable bonds is 2. The molecule has 1 aliphatic carbocycles. The topological polar surface area (TPSA) is 55.0 Å². The van der Waals surface area contributed by atoms with Crippen LogP contribution in [-0.4, -0.2) is 23.1 Å². The van der Waals surface area contributed by atoms with Crippen LogP contribution in [0.3, 0.4) is 0 Å². The Morgan fingerprint density at radius 3 is 2.60 bits per heavy atom. The van der Waals surface area contributed by atoms with Crippen LogP contribution in [0.4, 0.5) is 11.8 Å². The molecule has 1 fully saturated rings. The van der Waals surface area contributed by atoms with Crippen molar-refractivity contribution < 1.29 is 0 Å². The summed E-state index contributed by atoms with van der Waals surface area (Å²) in [6.07, 6.45) is 5.18. The molecular weight excluding hydrogens is 188 g/mol. The second-order valence-electron chi connectivity index (χ2n) is 4.27. The molecule has 15 heavy (non-hydrogen) atoms. The van der Waals surface area contributed by atoms with Crippen LogP contribution in [0.25, 0.3) is 0 Å². The zero-order valence-corrected chi connectivity index (χ0v) is 9.40. The average molecular weight is 206 g/mol. The van der Waals surface area contributed by atoms with Crippen molar-refractivity contribution in [3.05, 3.63) is 11.8 Å². The van der Waals surface area contributed by atoms with E-state index in [2.05, 4.69) is 21.9 Å². The predicted octanol–water partition coefficient (Wildman–Crippen LogP) is 1.75. The van der Waals surface area contributed by atoms with Crippen molar-refractivity contribution in [2.75, 3.05) is 17.7 Å². The molecule has 0 bridgehead atoms. The highest BCUT2D eigenvalue weighted by Gasteiger charge is 2.20. The summed E-state index contributed by atoms with van der Waals surface area (Å²) in [4.78, 5) is 10.6. The van der Waals surface area contributed by atoms with Gasteiger partial charge >= 0.3 is 0 Å². The standard InChI is InChI=1S/C11H18N4/c1-8-7-10(14-11(12)13-8)15(2)9-5-3-4-6-9/h7,9H,3-6H2,1-2H3,(H2,12,13,14). The Hall–Kier alpha value is -1.32. The van der Waals surface area contributed by atoms with Gasteiger partial charge in [0.2, 0.25) is 5.95 Å². The Balaban J connectivity index is 2.20. The first-order valence-electron chi connectivity index (χ1n) is 5.51. The third-order valence-corrected chi connectivity index (χ3v) is 3.09. The summed E-state index contributed by atoms with van der Waals surface area (Å²) >= 11 is 0. The summed E-state index contributed by atoms with van der Waals surface area (Å²) in [5.74, 6) is 1.32. The van der Waals surface area contributed by atoms with E-state index >= 15 is 0 Å². The van der Waals surface area contributed by atoms with Crippen LogP contribution in [0, 0.1) is 6.92 Å². The summed E-state index contributed by atoms with van der Waals surface area (Å²) in [6.45, 7) is 1.95. The number of nitrogen functional groups attached to an aromatic ring is 1. The smallest absolute Gasteiger partial charge is 0.222 e. The molecule has 1 heterocycles. The lowest BCUT2D eigenvalue weighted by atomic mass is 10.2. The van der Waals surface area contributed by atoms with E-state index < -0.39 is 0 Å². The van der Waals surface area contributed by atoms with E-state index in [1.807, 2.05) is 13.0 Å². The molecule has 0 unspecified atom stereocenters. The minimum atomic E-state index is 0.370. The summed E-state index contributed by atoms with van der Waals surface area (Å²) in [7, 11) is 2.09. The molecule has 4 heteroatoms. The first-order valence-corrected chi connectivity index (χ1v) is 5.51. The molecule has 2 rings (SSSR count). The first kappa shape index (κ1) is 10.2. The van der Waals surface area contributed by atoms with E-state index in [0.717, 1.165) is 11.5 Å². The zero-order chi connectivity index (χ0) is 10.8. The number of nitrogens with two attached hydrogens (primary N) is 1. The SMILES string of the molecule is Cc1cc(N(C)C2CCCC2)nc(N)n1. The quantitative estimate of drug-likeness (QED) is 0.801. The second kappa shape index (κ2) is 4.04. The maximum Gasteiger partial charge on any atom is 0.222 e. The van der Waals surface area contributed by atoms with Crippen LogP contribution in [-0.2, 0) is 0 Å². The van der Waals surface area contributed by atoms with Gasteiger partial charge in [0.1, 0.15) is 5.82 Å². The van der Waals surface area contributed by atoms with Crippen molar-refractivity contribution in [2.45, 2.75) is 38.6 Å². The van der Waals surface area contributed by atoms with Crippen molar-refractivity contribution in [1.82, 2.24) is 9.97 Å². The van der Waals surface area contributed by atoms with Gasteiger partial charge in [-0.3, -0.25) is 0 Å². The molecule has 82 valence electrons. The number of aromatic nitrogens is 2. The van der Waals surface area contributed by atoms with Crippen LogP contribution >= 0.6 is 0 Å². The van der Waals surface area contributed by atoms with Gasteiger partial charge in [0.15, 0.2) is 0 Å². The highest BCUT2D eigenvalue weighted by atomic mass is 15.2. The Kier molecular flexibility index (Phi) is 2.75. The third kappa shape index (κ3) is 2.19. The number of hydrogen-bond donors (Lipinski definition) is 1. The van der Waals surface area contributed by atoms with E-state index in [1.54, 1.807) is 0 Å². The Morgan fingerprint density at radius 1 is 1.33 bits per heavy atom. The number of aryl methyl sites for hydroxylation is 1. The number of hydrogen-bond acceptors (Lipinski definition) is 4. The van der Waals surface area contributed by atoms with Crippen molar-refractivity contribution in [1.29, 1.82) is 0 Å². The lowest BCUT2D eigenvalue weighted by molar-refractivity contribution is 0.646. The molecule has 0 atom stereocenters. The highest BCUT2D eigenvalue weighted by Crippen LogP contribution is 2.26. The summed E-state index contributed by atoms with van der Waals surface area (Å²) in [6, 6.07) is 2.62. The second-order valence-corrected chi connectivity index (χ2v) is 4.27. The lowest BCUT2D eigenvalue weighted by Crippen LogP contribution is -2.29. The van der Waals surface area contributed by atoms with Crippen LogP contribution in [0.2, 0.25) is 0 Å². The van der Waals surface area contributed by atoms with E-state index in [-0.39, 0.29) is 0 Å². The number of nitrogens with zero attached hydrogens (tertiary/aromatic N) is 3. The normalized spacial score (nSPS) is 16.9. The Morgan fingerprint density at radius 2 is 2.00 bits per heavy atom. The molecular formula is C11H18N4. The van der Waals surface area contributed by atoms with Crippen LogP contribution < -0.4 is 10.6 Å². The highest BCUT2D eigenvalue weighted by molar-refractivity contribution is 5.43. The monoisotopic (exact) mass is 206 g/mol.